The maximum absolute atomic E-state index is 12.9. The molecule has 4 atom stereocenters. The first-order valence-electron chi connectivity index (χ1n) is 11.5. The second-order valence-electron chi connectivity index (χ2n) is 8.59. The molecule has 0 fully saturated rings. The minimum absolute atomic E-state index is 0.134. The third kappa shape index (κ3) is 13.3. The number of carbonyl (C=O) groups is 6. The minimum Gasteiger partial charge on any atom is -0.480 e. The van der Waals surface area contributed by atoms with E-state index in [0.29, 0.717) is 25.8 Å². The van der Waals surface area contributed by atoms with Gasteiger partial charge in [-0.05, 0) is 38.1 Å². The van der Waals surface area contributed by atoms with Crippen molar-refractivity contribution in [1.29, 1.82) is 0 Å². The van der Waals surface area contributed by atoms with Crippen LogP contribution in [0.15, 0.2) is 0 Å². The SMILES string of the molecule is CC(C)C(NC(=O)C(CCC(N)=O)NC(=O)C(N)CCCCN)C(=O)NC(CCC(N)=O)C(=O)O. The van der Waals surface area contributed by atoms with Gasteiger partial charge in [0.2, 0.25) is 29.5 Å². The van der Waals surface area contributed by atoms with Crippen LogP contribution in [0.3, 0.4) is 0 Å². The molecule has 200 valence electrons. The van der Waals surface area contributed by atoms with Crippen LogP contribution in [0, 0.1) is 5.92 Å². The molecule has 12 N–H and O–H groups in total. The van der Waals surface area contributed by atoms with E-state index in [0.717, 1.165) is 0 Å². The van der Waals surface area contributed by atoms with E-state index in [1.54, 1.807) is 13.8 Å². The van der Waals surface area contributed by atoms with Crippen molar-refractivity contribution in [3.63, 3.8) is 0 Å². The quantitative estimate of drug-likeness (QED) is 0.0898. The van der Waals surface area contributed by atoms with Gasteiger partial charge in [0, 0.05) is 12.8 Å². The Hall–Kier alpha value is -3.26. The summed E-state index contributed by atoms with van der Waals surface area (Å²) < 4.78 is 0. The van der Waals surface area contributed by atoms with Crippen molar-refractivity contribution in [3.05, 3.63) is 0 Å². The molecule has 5 amide bonds. The number of nitrogens with two attached hydrogens (primary N) is 4. The Morgan fingerprint density at radius 3 is 1.71 bits per heavy atom. The summed E-state index contributed by atoms with van der Waals surface area (Å²) in [4.78, 5) is 71.8. The molecule has 0 aliphatic rings. The van der Waals surface area contributed by atoms with Crippen LogP contribution < -0.4 is 38.9 Å². The number of carboxylic acids is 1. The zero-order valence-corrected chi connectivity index (χ0v) is 20.2. The Labute approximate surface area is 204 Å². The van der Waals surface area contributed by atoms with E-state index in [-0.39, 0.29) is 25.7 Å². The Bertz CT molecular complexity index is 760. The van der Waals surface area contributed by atoms with Crippen LogP contribution in [0.5, 0.6) is 0 Å². The van der Waals surface area contributed by atoms with Gasteiger partial charge in [-0.3, -0.25) is 24.0 Å². The monoisotopic (exact) mass is 501 g/mol. The molecular formula is C21H39N7O7. The van der Waals surface area contributed by atoms with Crippen LogP contribution in [0.25, 0.3) is 0 Å². The second kappa shape index (κ2) is 16.4. The van der Waals surface area contributed by atoms with Crippen LogP contribution >= 0.6 is 0 Å². The smallest absolute Gasteiger partial charge is 0.326 e. The maximum Gasteiger partial charge on any atom is 0.326 e. The van der Waals surface area contributed by atoms with E-state index in [1.165, 1.54) is 0 Å². The lowest BCUT2D eigenvalue weighted by atomic mass is 10.0. The summed E-state index contributed by atoms with van der Waals surface area (Å²) >= 11 is 0. The molecule has 35 heavy (non-hydrogen) atoms. The molecule has 0 bridgehead atoms. The number of hydrogen-bond acceptors (Lipinski definition) is 8. The highest BCUT2D eigenvalue weighted by atomic mass is 16.4. The summed E-state index contributed by atoms with van der Waals surface area (Å²) in [5.41, 5.74) is 21.5. The zero-order valence-electron chi connectivity index (χ0n) is 20.2. The highest BCUT2D eigenvalue weighted by Gasteiger charge is 2.32. The molecule has 0 saturated carbocycles. The van der Waals surface area contributed by atoms with Gasteiger partial charge in [0.05, 0.1) is 6.04 Å². The van der Waals surface area contributed by atoms with Gasteiger partial charge < -0.3 is 44.0 Å². The molecule has 0 rings (SSSR count). The summed E-state index contributed by atoms with van der Waals surface area (Å²) in [6.45, 7) is 3.68. The van der Waals surface area contributed by atoms with E-state index in [2.05, 4.69) is 16.0 Å². The molecule has 0 spiro atoms. The van der Waals surface area contributed by atoms with Crippen LogP contribution in [-0.2, 0) is 28.8 Å². The Morgan fingerprint density at radius 1 is 0.743 bits per heavy atom. The number of unbranched alkanes of at least 4 members (excludes halogenated alkanes) is 1. The third-order valence-corrected chi connectivity index (χ3v) is 5.16. The van der Waals surface area contributed by atoms with Gasteiger partial charge in [0.25, 0.3) is 0 Å². The van der Waals surface area contributed by atoms with Crippen LogP contribution in [-0.4, -0.2) is 71.3 Å². The topological polar surface area (TPSA) is 263 Å². The lowest BCUT2D eigenvalue weighted by molar-refractivity contribution is -0.143. The first-order chi connectivity index (χ1) is 16.3. The van der Waals surface area contributed by atoms with E-state index in [1.807, 2.05) is 0 Å². The summed E-state index contributed by atoms with van der Waals surface area (Å²) in [6, 6.07) is -4.69. The lowest BCUT2D eigenvalue weighted by Gasteiger charge is -2.27. The largest absolute Gasteiger partial charge is 0.480 e. The molecule has 0 radical (unpaired) electrons. The summed E-state index contributed by atoms with van der Waals surface area (Å²) in [7, 11) is 0. The Kier molecular flexibility index (Phi) is 14.9. The summed E-state index contributed by atoms with van der Waals surface area (Å²) in [5, 5.41) is 16.6. The first kappa shape index (κ1) is 31.7. The van der Waals surface area contributed by atoms with Gasteiger partial charge in [0.1, 0.15) is 18.1 Å². The standard InChI is InChI=1S/C21H39N7O7/c1-11(2)17(20(33)27-14(21(34)35)7-9-16(25)30)28-19(32)13(6-8-15(24)29)26-18(31)12(23)5-3-4-10-22/h11-14,17H,3-10,22-23H2,1-2H3,(H2,24,29)(H2,25,30)(H,26,31)(H,27,33)(H,28,32)(H,34,35). The molecule has 0 aromatic carbocycles. The first-order valence-corrected chi connectivity index (χ1v) is 11.5. The molecular weight excluding hydrogens is 462 g/mol. The minimum atomic E-state index is -1.40. The van der Waals surface area contributed by atoms with E-state index < -0.39 is 65.6 Å². The van der Waals surface area contributed by atoms with Gasteiger partial charge in [-0.25, -0.2) is 4.79 Å². The maximum atomic E-state index is 12.9. The predicted octanol–water partition coefficient (Wildman–Crippen LogP) is -2.83. The van der Waals surface area contributed by atoms with Gasteiger partial charge in [-0.15, -0.1) is 0 Å². The normalized spacial score (nSPS) is 14.3. The third-order valence-electron chi connectivity index (χ3n) is 5.16. The van der Waals surface area contributed by atoms with Crippen molar-refractivity contribution in [2.45, 2.75) is 83.0 Å². The molecule has 0 heterocycles. The van der Waals surface area contributed by atoms with Crippen molar-refractivity contribution >= 4 is 35.5 Å². The lowest BCUT2D eigenvalue weighted by Crippen LogP contribution is -2.58. The van der Waals surface area contributed by atoms with Crippen molar-refractivity contribution < 1.29 is 33.9 Å². The number of nitrogens with one attached hydrogen (secondary N) is 3. The second-order valence-corrected chi connectivity index (χ2v) is 8.59. The number of rotatable bonds is 18. The fraction of sp³-hybridized carbons (Fsp3) is 0.714. The zero-order chi connectivity index (χ0) is 27.1. The number of carbonyl (C=O) groups excluding carboxylic acids is 5. The molecule has 0 aromatic heterocycles. The number of hydrogen-bond donors (Lipinski definition) is 8. The average molecular weight is 502 g/mol. The number of aliphatic carboxylic acids is 1. The van der Waals surface area contributed by atoms with Crippen LogP contribution in [0.2, 0.25) is 0 Å². The van der Waals surface area contributed by atoms with Crippen LogP contribution in [0.1, 0.15) is 58.8 Å². The molecule has 4 unspecified atom stereocenters. The number of amides is 5. The van der Waals surface area contributed by atoms with Gasteiger partial charge >= 0.3 is 5.97 Å². The molecule has 0 aliphatic carbocycles. The molecule has 14 nitrogen and oxygen atoms in total. The summed E-state index contributed by atoms with van der Waals surface area (Å²) in [6.07, 6.45) is 0.788. The van der Waals surface area contributed by atoms with E-state index in [9.17, 15) is 33.9 Å². The highest BCUT2D eigenvalue weighted by Crippen LogP contribution is 2.08. The number of primary amides is 2. The van der Waals surface area contributed by atoms with Crippen molar-refractivity contribution in [3.8, 4) is 0 Å². The van der Waals surface area contributed by atoms with Crippen molar-refractivity contribution in [2.75, 3.05) is 6.54 Å². The van der Waals surface area contributed by atoms with Gasteiger partial charge in [-0.1, -0.05) is 20.3 Å². The molecule has 0 saturated heterocycles. The van der Waals surface area contributed by atoms with E-state index >= 15 is 0 Å². The van der Waals surface area contributed by atoms with Crippen molar-refractivity contribution in [1.82, 2.24) is 16.0 Å². The number of carboxylic acid groups (broad SMARTS) is 1. The predicted molar refractivity (Wildman–Crippen MR) is 126 cm³/mol. The Morgan fingerprint density at radius 2 is 1.26 bits per heavy atom. The Balaban J connectivity index is 5.42. The molecule has 0 aliphatic heterocycles. The fourth-order valence-corrected chi connectivity index (χ4v) is 3.07. The van der Waals surface area contributed by atoms with Gasteiger partial charge in [-0.2, -0.15) is 0 Å². The average Bonchev–Trinajstić information content (AvgIpc) is 2.76. The van der Waals surface area contributed by atoms with E-state index in [4.69, 9.17) is 22.9 Å². The van der Waals surface area contributed by atoms with Crippen LogP contribution in [0.4, 0.5) is 0 Å². The highest BCUT2D eigenvalue weighted by molar-refractivity contribution is 5.94. The van der Waals surface area contributed by atoms with Crippen molar-refractivity contribution in [2.24, 2.45) is 28.9 Å². The molecule has 14 heteroatoms. The van der Waals surface area contributed by atoms with Gasteiger partial charge in [0.15, 0.2) is 0 Å². The summed E-state index contributed by atoms with van der Waals surface area (Å²) in [5.74, 6) is -5.46. The molecule has 0 aromatic rings. The fourth-order valence-electron chi connectivity index (χ4n) is 3.07.